The summed E-state index contributed by atoms with van der Waals surface area (Å²) in [4.78, 5) is 13.1. The summed E-state index contributed by atoms with van der Waals surface area (Å²) < 4.78 is 47.9. The molecule has 37 heavy (non-hydrogen) atoms. The lowest BCUT2D eigenvalue weighted by Gasteiger charge is -2.26. The lowest BCUT2D eigenvalue weighted by Crippen LogP contribution is -2.33. The number of methoxy groups -OCH3 is 1. The summed E-state index contributed by atoms with van der Waals surface area (Å²) in [5.41, 5.74) is 3.54. The summed E-state index contributed by atoms with van der Waals surface area (Å²) >= 11 is 0. The van der Waals surface area contributed by atoms with Crippen molar-refractivity contribution < 1.29 is 22.3 Å². The van der Waals surface area contributed by atoms with Crippen LogP contribution in [0.5, 0.6) is 5.75 Å². The Morgan fingerprint density at radius 3 is 2.27 bits per heavy atom. The van der Waals surface area contributed by atoms with E-state index in [1.165, 1.54) is 48.0 Å². The number of hydrogen-bond donors (Lipinski definition) is 1. The van der Waals surface area contributed by atoms with Crippen molar-refractivity contribution in [3.05, 3.63) is 126 Å². The lowest BCUT2D eigenvalue weighted by atomic mass is 10.1. The van der Waals surface area contributed by atoms with Crippen molar-refractivity contribution in [2.45, 2.75) is 11.4 Å². The molecule has 0 aliphatic rings. The molecule has 0 fully saturated rings. The van der Waals surface area contributed by atoms with Gasteiger partial charge in [-0.05, 0) is 48.0 Å². The Balaban J connectivity index is 1.71. The summed E-state index contributed by atoms with van der Waals surface area (Å²) in [5.74, 6) is -0.618. The Hall–Kier alpha value is -4.50. The number of carbonyl (C=O) groups is 1. The fraction of sp³-hybridized carbons (Fsp3) is 0.0714. The summed E-state index contributed by atoms with van der Waals surface area (Å²) in [6.45, 7) is -0.0159. The molecule has 7 nitrogen and oxygen atoms in total. The number of benzene rings is 4. The Bertz CT molecular complexity index is 1510. The van der Waals surface area contributed by atoms with Crippen molar-refractivity contribution in [1.82, 2.24) is 5.43 Å². The zero-order valence-corrected chi connectivity index (χ0v) is 20.7. The number of nitrogens with zero attached hydrogens (tertiary/aromatic N) is 2. The van der Waals surface area contributed by atoms with Crippen LogP contribution in [0.1, 0.15) is 21.5 Å². The highest BCUT2D eigenvalue weighted by atomic mass is 32.2. The quantitative estimate of drug-likeness (QED) is 0.250. The number of ether oxygens (including phenoxy) is 1. The van der Waals surface area contributed by atoms with E-state index in [1.54, 1.807) is 54.6 Å². The molecule has 9 heteroatoms. The van der Waals surface area contributed by atoms with Gasteiger partial charge in [-0.15, -0.1) is 0 Å². The van der Waals surface area contributed by atoms with E-state index in [4.69, 9.17) is 4.74 Å². The molecule has 0 saturated carbocycles. The van der Waals surface area contributed by atoms with Crippen LogP contribution in [0.4, 0.5) is 10.1 Å². The van der Waals surface area contributed by atoms with E-state index >= 15 is 0 Å². The highest BCUT2D eigenvalue weighted by molar-refractivity contribution is 7.92. The number of carbonyl (C=O) groups excluding carboxylic acids is 1. The van der Waals surface area contributed by atoms with Gasteiger partial charge in [-0.1, -0.05) is 60.7 Å². The highest BCUT2D eigenvalue weighted by Crippen LogP contribution is 2.30. The van der Waals surface area contributed by atoms with Crippen molar-refractivity contribution in [3.8, 4) is 5.75 Å². The number of halogens is 1. The maximum atomic E-state index is 13.9. The lowest BCUT2D eigenvalue weighted by molar-refractivity contribution is 0.0955. The highest BCUT2D eigenvalue weighted by Gasteiger charge is 2.28. The minimum Gasteiger partial charge on any atom is -0.497 e. The summed E-state index contributed by atoms with van der Waals surface area (Å²) in [7, 11) is -2.60. The van der Waals surface area contributed by atoms with Gasteiger partial charge >= 0.3 is 0 Å². The standard InChI is InChI=1S/C28H24FN3O4S/c1-36-23-15-17-24(18-16-23)37(34,35)32(20-21-9-3-2-4-10-21)27-14-8-6-12-25(27)28(33)31-30-19-22-11-5-7-13-26(22)29/h2-19H,20H2,1H3,(H,31,33)/b30-19-. The number of sulfonamides is 1. The van der Waals surface area contributed by atoms with Gasteiger partial charge in [-0.2, -0.15) is 5.10 Å². The molecule has 188 valence electrons. The Labute approximate surface area is 214 Å². The van der Waals surface area contributed by atoms with Gasteiger partial charge in [0.25, 0.3) is 15.9 Å². The maximum absolute atomic E-state index is 13.9. The number of anilines is 1. The van der Waals surface area contributed by atoms with Crippen LogP contribution in [0.15, 0.2) is 113 Å². The molecule has 4 rings (SSSR count). The molecule has 1 amide bonds. The SMILES string of the molecule is COc1ccc(S(=O)(=O)N(Cc2ccccc2)c2ccccc2C(=O)N/N=C\c2ccccc2F)cc1. The molecule has 0 radical (unpaired) electrons. The van der Waals surface area contributed by atoms with E-state index < -0.39 is 21.7 Å². The van der Waals surface area contributed by atoms with Crippen molar-refractivity contribution >= 4 is 27.8 Å². The molecule has 0 saturated heterocycles. The maximum Gasteiger partial charge on any atom is 0.273 e. The second-order valence-corrected chi connectivity index (χ2v) is 9.77. The monoisotopic (exact) mass is 517 g/mol. The molecule has 0 aliphatic carbocycles. The Morgan fingerprint density at radius 1 is 0.919 bits per heavy atom. The molecule has 4 aromatic carbocycles. The molecule has 0 aliphatic heterocycles. The van der Waals surface area contributed by atoms with E-state index in [0.717, 1.165) is 5.56 Å². The number of rotatable bonds is 9. The molecular weight excluding hydrogens is 493 g/mol. The Kier molecular flexibility index (Phi) is 7.95. The Morgan fingerprint density at radius 2 is 1.57 bits per heavy atom. The van der Waals surface area contributed by atoms with Gasteiger partial charge in [0.2, 0.25) is 0 Å². The molecule has 0 bridgehead atoms. The third kappa shape index (κ3) is 6.02. The second-order valence-electron chi connectivity index (χ2n) is 7.91. The van der Waals surface area contributed by atoms with Crippen LogP contribution in [0, 0.1) is 5.82 Å². The van der Waals surface area contributed by atoms with Crippen LogP contribution >= 0.6 is 0 Å². The zero-order chi connectivity index (χ0) is 26.3. The summed E-state index contributed by atoms with van der Waals surface area (Å²) in [5, 5.41) is 3.86. The molecule has 0 heterocycles. The minimum atomic E-state index is -4.09. The van der Waals surface area contributed by atoms with Gasteiger partial charge in [-0.3, -0.25) is 9.10 Å². The predicted molar refractivity (Wildman–Crippen MR) is 141 cm³/mol. The number of amides is 1. The van der Waals surface area contributed by atoms with Crippen LogP contribution < -0.4 is 14.5 Å². The van der Waals surface area contributed by atoms with Crippen molar-refractivity contribution in [2.75, 3.05) is 11.4 Å². The van der Waals surface area contributed by atoms with Gasteiger partial charge in [0.1, 0.15) is 11.6 Å². The molecule has 4 aromatic rings. The summed E-state index contributed by atoms with van der Waals surface area (Å²) in [6.07, 6.45) is 1.19. The first-order chi connectivity index (χ1) is 17.9. The molecule has 0 spiro atoms. The number of hydrazone groups is 1. The second kappa shape index (κ2) is 11.5. The molecule has 0 unspecified atom stereocenters. The van der Waals surface area contributed by atoms with E-state index in [1.807, 2.05) is 18.2 Å². The first kappa shape index (κ1) is 25.6. The number of hydrogen-bond acceptors (Lipinski definition) is 5. The van der Waals surface area contributed by atoms with Gasteiger partial charge in [0, 0.05) is 5.56 Å². The van der Waals surface area contributed by atoms with Gasteiger partial charge in [0.15, 0.2) is 0 Å². The average Bonchev–Trinajstić information content (AvgIpc) is 2.93. The summed E-state index contributed by atoms with van der Waals surface area (Å²) in [6, 6.07) is 27.4. The first-order valence-electron chi connectivity index (χ1n) is 11.3. The van der Waals surface area contributed by atoms with E-state index in [-0.39, 0.29) is 28.3 Å². The van der Waals surface area contributed by atoms with Crippen LogP contribution in [-0.4, -0.2) is 27.6 Å². The average molecular weight is 518 g/mol. The van der Waals surface area contributed by atoms with Crippen LogP contribution in [0.25, 0.3) is 0 Å². The number of para-hydroxylation sites is 1. The molecule has 0 aromatic heterocycles. The van der Waals surface area contributed by atoms with E-state index in [2.05, 4.69) is 10.5 Å². The van der Waals surface area contributed by atoms with E-state index in [9.17, 15) is 17.6 Å². The normalized spacial score (nSPS) is 11.3. The minimum absolute atomic E-state index is 0.0159. The predicted octanol–water partition coefficient (Wildman–Crippen LogP) is 4.99. The molecular formula is C28H24FN3O4S. The largest absolute Gasteiger partial charge is 0.497 e. The van der Waals surface area contributed by atoms with Crippen molar-refractivity contribution in [1.29, 1.82) is 0 Å². The van der Waals surface area contributed by atoms with Crippen LogP contribution in [0.2, 0.25) is 0 Å². The van der Waals surface area contributed by atoms with Crippen LogP contribution in [0.3, 0.4) is 0 Å². The van der Waals surface area contributed by atoms with E-state index in [0.29, 0.717) is 5.75 Å². The van der Waals surface area contributed by atoms with Gasteiger partial charge < -0.3 is 4.74 Å². The van der Waals surface area contributed by atoms with Gasteiger partial charge in [0.05, 0.1) is 36.0 Å². The van der Waals surface area contributed by atoms with Crippen molar-refractivity contribution in [3.63, 3.8) is 0 Å². The third-order valence-electron chi connectivity index (χ3n) is 5.51. The smallest absolute Gasteiger partial charge is 0.273 e. The molecule has 1 N–H and O–H groups in total. The van der Waals surface area contributed by atoms with Gasteiger partial charge in [-0.25, -0.2) is 18.2 Å². The third-order valence-corrected chi connectivity index (χ3v) is 7.28. The number of nitrogens with one attached hydrogen (secondary N) is 1. The van der Waals surface area contributed by atoms with Crippen LogP contribution in [-0.2, 0) is 16.6 Å². The van der Waals surface area contributed by atoms with Crippen molar-refractivity contribution in [2.24, 2.45) is 5.10 Å². The fourth-order valence-electron chi connectivity index (χ4n) is 3.61. The first-order valence-corrected chi connectivity index (χ1v) is 12.7. The topological polar surface area (TPSA) is 88.1 Å². The zero-order valence-electron chi connectivity index (χ0n) is 19.9. The fourth-order valence-corrected chi connectivity index (χ4v) is 5.08. The molecule has 0 atom stereocenters.